The van der Waals surface area contributed by atoms with Crippen LogP contribution in [0, 0.1) is 0 Å². The first-order valence-corrected chi connectivity index (χ1v) is 24.1. The van der Waals surface area contributed by atoms with Crippen LogP contribution in [0.15, 0.2) is 230 Å². The van der Waals surface area contributed by atoms with Crippen molar-refractivity contribution >= 4 is 102 Å². The van der Waals surface area contributed by atoms with Gasteiger partial charge in [0.1, 0.15) is 0 Å². The highest BCUT2D eigenvalue weighted by molar-refractivity contribution is 7.26. The number of para-hydroxylation sites is 1. The molecule has 1 aliphatic rings. The fourth-order valence-electron chi connectivity index (χ4n) is 10.4. The predicted molar refractivity (Wildman–Crippen MR) is 284 cm³/mol. The summed E-state index contributed by atoms with van der Waals surface area (Å²) in [6.45, 7) is 0. The number of hydrogen-bond donors (Lipinski definition) is 0. The van der Waals surface area contributed by atoms with Crippen molar-refractivity contribution in [3.05, 3.63) is 236 Å². The van der Waals surface area contributed by atoms with E-state index in [1.165, 1.54) is 123 Å². The van der Waals surface area contributed by atoms with Gasteiger partial charge in [0.25, 0.3) is 0 Å². The van der Waals surface area contributed by atoms with E-state index in [4.69, 9.17) is 0 Å². The molecule has 2 aromatic heterocycles. The quantitative estimate of drug-likeness (QED) is 0.144. The van der Waals surface area contributed by atoms with Gasteiger partial charge < -0.3 is 4.90 Å². The highest BCUT2D eigenvalue weighted by Gasteiger charge is 2.28. The molecule has 3 heteroatoms. The topological polar surface area (TPSA) is 3.24 Å². The van der Waals surface area contributed by atoms with E-state index in [1.807, 2.05) is 22.7 Å². The minimum absolute atomic E-state index is 0.892. The van der Waals surface area contributed by atoms with E-state index in [2.05, 4.69) is 229 Å². The van der Waals surface area contributed by atoms with Gasteiger partial charge in [-0.3, -0.25) is 0 Å². The summed E-state index contributed by atoms with van der Waals surface area (Å²) in [5, 5.41) is 10.2. The number of nitrogens with zero attached hydrogens (tertiary/aromatic N) is 1. The van der Waals surface area contributed by atoms with E-state index in [1.54, 1.807) is 0 Å². The molecule has 0 saturated carbocycles. The zero-order valence-corrected chi connectivity index (χ0v) is 37.2. The van der Waals surface area contributed by atoms with Crippen LogP contribution in [0.25, 0.3) is 101 Å². The van der Waals surface area contributed by atoms with Crippen LogP contribution in [-0.4, -0.2) is 0 Å². The second-order valence-electron chi connectivity index (χ2n) is 17.0. The molecule has 0 radical (unpaired) electrons. The standard InChI is InChI=1S/C62H41NS2/c1-2-16-40(17-3-1)41-32-34-42(35-33-41)60-52-25-6-4-20-46(52)47-21-5-7-26-53(47)61(60)63(45-19-14-18-43(38-45)44-36-37-51-49-23-9-12-30-57(49)64-59(51)39-44)56-29-11-8-22-48(56)54-27-15-28-55-50-24-10-13-31-58(50)65-62(54)55/h1-13,15-18,20-39H,14,19H2. The van der Waals surface area contributed by atoms with Crippen LogP contribution in [-0.2, 0) is 0 Å². The molecular formula is C62H41NS2. The first-order valence-electron chi connectivity index (χ1n) is 22.5. The van der Waals surface area contributed by atoms with Crippen molar-refractivity contribution < 1.29 is 0 Å². The van der Waals surface area contributed by atoms with E-state index < -0.39 is 0 Å². The van der Waals surface area contributed by atoms with Crippen LogP contribution in [0.1, 0.15) is 18.4 Å². The Hall–Kier alpha value is -7.56. The van der Waals surface area contributed by atoms with Gasteiger partial charge in [0, 0.05) is 68.1 Å². The molecule has 1 aliphatic carbocycles. The van der Waals surface area contributed by atoms with Gasteiger partial charge in [-0.25, -0.2) is 0 Å². The molecule has 0 amide bonds. The molecule has 65 heavy (non-hydrogen) atoms. The zero-order chi connectivity index (χ0) is 42.8. The van der Waals surface area contributed by atoms with Gasteiger partial charge in [-0.15, -0.1) is 22.7 Å². The number of hydrogen-bond acceptors (Lipinski definition) is 3. The summed E-state index contributed by atoms with van der Waals surface area (Å²) in [4.78, 5) is 2.65. The molecule has 0 atom stereocenters. The fourth-order valence-corrected chi connectivity index (χ4v) is 12.7. The Kier molecular flexibility index (Phi) is 9.11. The Bertz CT molecular complexity index is 3880. The maximum Gasteiger partial charge on any atom is 0.0621 e. The number of fused-ring (bicyclic) bond motifs is 9. The lowest BCUT2D eigenvalue weighted by Gasteiger charge is -2.35. The third-order valence-electron chi connectivity index (χ3n) is 13.3. The summed E-state index contributed by atoms with van der Waals surface area (Å²) in [6.07, 6.45) is 6.76. The Balaban J connectivity index is 1.10. The molecule has 0 N–H and O–H groups in total. The van der Waals surface area contributed by atoms with Gasteiger partial charge in [0.05, 0.1) is 11.4 Å². The second kappa shape index (κ2) is 15.6. The average molecular weight is 864 g/mol. The lowest BCUT2D eigenvalue weighted by Crippen LogP contribution is -2.20. The number of allylic oxidation sites excluding steroid dienone is 4. The minimum atomic E-state index is 0.892. The summed E-state index contributed by atoms with van der Waals surface area (Å²) in [7, 11) is 0. The maximum atomic E-state index is 2.65. The van der Waals surface area contributed by atoms with Gasteiger partial charge >= 0.3 is 0 Å². The van der Waals surface area contributed by atoms with Crippen molar-refractivity contribution in [1.29, 1.82) is 0 Å². The average Bonchev–Trinajstić information content (AvgIpc) is 3.95. The lowest BCUT2D eigenvalue weighted by atomic mass is 9.88. The molecule has 306 valence electrons. The van der Waals surface area contributed by atoms with Gasteiger partial charge in [-0.05, 0) is 87.2 Å². The van der Waals surface area contributed by atoms with E-state index >= 15 is 0 Å². The van der Waals surface area contributed by atoms with Crippen LogP contribution in [0.3, 0.4) is 0 Å². The molecule has 12 aromatic rings. The Morgan fingerprint density at radius 3 is 1.72 bits per heavy atom. The van der Waals surface area contributed by atoms with E-state index in [0.29, 0.717) is 0 Å². The summed E-state index contributed by atoms with van der Waals surface area (Å²) < 4.78 is 5.28. The first-order chi connectivity index (χ1) is 32.2. The number of thiophene rings is 2. The third kappa shape index (κ3) is 6.34. The molecule has 0 aliphatic heterocycles. The van der Waals surface area contributed by atoms with Crippen LogP contribution in [0.4, 0.5) is 11.4 Å². The Morgan fingerprint density at radius 1 is 0.369 bits per heavy atom. The van der Waals surface area contributed by atoms with Gasteiger partial charge in [0.15, 0.2) is 0 Å². The molecule has 0 bridgehead atoms. The second-order valence-corrected chi connectivity index (χ2v) is 19.2. The van der Waals surface area contributed by atoms with Gasteiger partial charge in [-0.1, -0.05) is 194 Å². The molecule has 0 fully saturated rings. The van der Waals surface area contributed by atoms with Crippen molar-refractivity contribution in [1.82, 2.24) is 0 Å². The monoisotopic (exact) mass is 863 g/mol. The molecule has 0 unspecified atom stereocenters. The highest BCUT2D eigenvalue weighted by Crippen LogP contribution is 2.52. The Labute approximate surface area is 386 Å². The largest absolute Gasteiger partial charge is 0.312 e. The number of rotatable bonds is 7. The van der Waals surface area contributed by atoms with Gasteiger partial charge in [0.2, 0.25) is 0 Å². The predicted octanol–water partition coefficient (Wildman–Crippen LogP) is 18.6. The SMILES string of the molecule is C1=C(c2ccc3c(c2)sc2ccccc23)C=C(N(c2ccccc2-c2cccc3c2sc2ccccc23)c2c(-c3ccc(-c4ccccc4)cc3)c3ccccc3c3ccccc23)CC1. The van der Waals surface area contributed by atoms with E-state index in [9.17, 15) is 0 Å². The lowest BCUT2D eigenvalue weighted by molar-refractivity contribution is 0.924. The molecule has 0 spiro atoms. The van der Waals surface area contributed by atoms with Crippen molar-refractivity contribution in [3.8, 4) is 33.4 Å². The van der Waals surface area contributed by atoms with Crippen LogP contribution >= 0.6 is 22.7 Å². The smallest absolute Gasteiger partial charge is 0.0621 e. The normalized spacial score (nSPS) is 13.0. The summed E-state index contributed by atoms with van der Waals surface area (Å²) in [5.74, 6) is 0. The minimum Gasteiger partial charge on any atom is -0.312 e. The molecular weight excluding hydrogens is 823 g/mol. The molecule has 10 aromatic carbocycles. The fraction of sp³-hybridized carbons (Fsp3) is 0.0323. The molecule has 2 heterocycles. The summed E-state index contributed by atoms with van der Waals surface area (Å²) >= 11 is 3.78. The Morgan fingerprint density at radius 2 is 0.923 bits per heavy atom. The van der Waals surface area contributed by atoms with Crippen LogP contribution < -0.4 is 4.90 Å². The van der Waals surface area contributed by atoms with E-state index in [0.717, 1.165) is 12.8 Å². The maximum absolute atomic E-state index is 2.65. The van der Waals surface area contributed by atoms with Crippen molar-refractivity contribution in [2.45, 2.75) is 12.8 Å². The van der Waals surface area contributed by atoms with Gasteiger partial charge in [-0.2, -0.15) is 0 Å². The zero-order valence-electron chi connectivity index (χ0n) is 35.5. The van der Waals surface area contributed by atoms with Crippen molar-refractivity contribution in [3.63, 3.8) is 0 Å². The summed E-state index contributed by atoms with van der Waals surface area (Å²) in [6, 6.07) is 78.8. The number of benzene rings is 10. The van der Waals surface area contributed by atoms with Crippen molar-refractivity contribution in [2.75, 3.05) is 4.90 Å². The highest BCUT2D eigenvalue weighted by atomic mass is 32.1. The molecule has 1 nitrogen and oxygen atoms in total. The van der Waals surface area contributed by atoms with Crippen LogP contribution in [0.2, 0.25) is 0 Å². The molecule has 13 rings (SSSR count). The molecule has 0 saturated heterocycles. The summed E-state index contributed by atoms with van der Waals surface area (Å²) in [5.41, 5.74) is 13.5. The third-order valence-corrected chi connectivity index (χ3v) is 15.7. The van der Waals surface area contributed by atoms with Crippen molar-refractivity contribution in [2.24, 2.45) is 0 Å². The first kappa shape index (κ1) is 37.9. The number of anilines is 2. The van der Waals surface area contributed by atoms with E-state index in [-0.39, 0.29) is 0 Å². The van der Waals surface area contributed by atoms with Crippen LogP contribution in [0.5, 0.6) is 0 Å².